The number of nitrogens with zero attached hydrogens (tertiary/aromatic N) is 3. The molecule has 0 unspecified atom stereocenters. The van der Waals surface area contributed by atoms with Crippen LogP contribution in [0, 0.1) is 6.92 Å². The smallest absolute Gasteiger partial charge is 0.223 e. The Balaban J connectivity index is 0.00000289. The maximum atomic E-state index is 4.88. The zero-order chi connectivity index (χ0) is 12.5. The summed E-state index contributed by atoms with van der Waals surface area (Å²) in [7, 11) is 0. The fourth-order valence-electron chi connectivity index (χ4n) is 1.28. The summed E-state index contributed by atoms with van der Waals surface area (Å²) < 4.78 is 4.88. The molecule has 7 heteroatoms. The molecular weight excluding hydrogens is 345 g/mol. The zero-order valence-corrected chi connectivity index (χ0v) is 13.5. The summed E-state index contributed by atoms with van der Waals surface area (Å²) in [6, 6.07) is 0. The molecule has 1 aromatic rings. The van der Waals surface area contributed by atoms with Crippen LogP contribution in [0.25, 0.3) is 0 Å². The lowest BCUT2D eigenvalue weighted by molar-refractivity contribution is 0.387. The Bertz CT molecular complexity index is 353. The van der Waals surface area contributed by atoms with E-state index in [-0.39, 0.29) is 24.0 Å². The molecule has 0 aromatic carbocycles. The van der Waals surface area contributed by atoms with Crippen LogP contribution in [0.4, 0.5) is 0 Å². The van der Waals surface area contributed by atoms with Gasteiger partial charge in [-0.25, -0.2) is 4.99 Å². The Hall–Kier alpha value is -0.860. The average molecular weight is 367 g/mol. The maximum Gasteiger partial charge on any atom is 0.223 e. The first-order chi connectivity index (χ1) is 8.26. The van der Waals surface area contributed by atoms with Crippen molar-refractivity contribution in [2.75, 3.05) is 13.1 Å². The van der Waals surface area contributed by atoms with Crippen molar-refractivity contribution in [1.29, 1.82) is 0 Å². The summed E-state index contributed by atoms with van der Waals surface area (Å²) in [5.41, 5.74) is 0. The van der Waals surface area contributed by atoms with Gasteiger partial charge in [0.2, 0.25) is 5.89 Å². The minimum Gasteiger partial charge on any atom is -0.357 e. The number of guanidine groups is 1. The third-order valence-electron chi connectivity index (χ3n) is 2.12. The van der Waals surface area contributed by atoms with E-state index in [1.807, 2.05) is 6.92 Å². The van der Waals surface area contributed by atoms with E-state index >= 15 is 0 Å². The van der Waals surface area contributed by atoms with Gasteiger partial charge >= 0.3 is 0 Å². The van der Waals surface area contributed by atoms with Gasteiger partial charge in [-0.15, -0.1) is 24.0 Å². The number of unbranched alkanes of at least 4 members (excludes halogenated alkanes) is 1. The van der Waals surface area contributed by atoms with Crippen LogP contribution in [-0.2, 0) is 6.54 Å². The lowest BCUT2D eigenvalue weighted by Gasteiger charge is -2.09. The Kier molecular flexibility index (Phi) is 9.62. The molecule has 0 fully saturated rings. The number of aryl methyl sites for hydroxylation is 1. The predicted octanol–water partition coefficient (Wildman–Crippen LogP) is 1.85. The van der Waals surface area contributed by atoms with Crippen molar-refractivity contribution in [3.63, 3.8) is 0 Å². The molecule has 1 rings (SSSR count). The molecule has 104 valence electrons. The van der Waals surface area contributed by atoms with Crippen LogP contribution in [0.15, 0.2) is 9.52 Å². The largest absolute Gasteiger partial charge is 0.357 e. The summed E-state index contributed by atoms with van der Waals surface area (Å²) in [4.78, 5) is 8.48. The van der Waals surface area contributed by atoms with E-state index in [2.05, 4.69) is 32.7 Å². The van der Waals surface area contributed by atoms with E-state index in [0.29, 0.717) is 18.3 Å². The number of rotatable bonds is 6. The molecule has 0 aliphatic carbocycles. The van der Waals surface area contributed by atoms with Crippen molar-refractivity contribution in [2.24, 2.45) is 4.99 Å². The van der Waals surface area contributed by atoms with Gasteiger partial charge in [-0.05, 0) is 13.3 Å². The summed E-state index contributed by atoms with van der Waals surface area (Å²) in [5.74, 6) is 1.97. The SMILES string of the molecule is CCCCNC(=NCc1noc(C)n1)NCC.I. The molecule has 0 bridgehead atoms. The minimum absolute atomic E-state index is 0. The highest BCUT2D eigenvalue weighted by atomic mass is 127. The van der Waals surface area contributed by atoms with Crippen molar-refractivity contribution < 1.29 is 4.52 Å². The summed E-state index contributed by atoms with van der Waals surface area (Å²) in [6.45, 7) is 8.16. The number of hydrogen-bond acceptors (Lipinski definition) is 4. The maximum absolute atomic E-state index is 4.88. The van der Waals surface area contributed by atoms with Crippen LogP contribution >= 0.6 is 24.0 Å². The van der Waals surface area contributed by atoms with Gasteiger partial charge in [-0.3, -0.25) is 0 Å². The molecule has 0 radical (unpaired) electrons. The second-order valence-electron chi connectivity index (χ2n) is 3.71. The van der Waals surface area contributed by atoms with Gasteiger partial charge in [0.05, 0.1) is 0 Å². The first-order valence-electron chi connectivity index (χ1n) is 6.07. The molecule has 0 aliphatic rings. The van der Waals surface area contributed by atoms with Crippen molar-refractivity contribution in [2.45, 2.75) is 40.2 Å². The third-order valence-corrected chi connectivity index (χ3v) is 2.12. The highest BCUT2D eigenvalue weighted by molar-refractivity contribution is 14.0. The minimum atomic E-state index is 0. The fraction of sp³-hybridized carbons (Fsp3) is 0.727. The first-order valence-corrected chi connectivity index (χ1v) is 6.07. The highest BCUT2D eigenvalue weighted by Crippen LogP contribution is 1.96. The van der Waals surface area contributed by atoms with Gasteiger partial charge in [0, 0.05) is 20.0 Å². The fourth-order valence-corrected chi connectivity index (χ4v) is 1.28. The molecule has 0 atom stereocenters. The molecule has 0 saturated carbocycles. The van der Waals surface area contributed by atoms with E-state index in [0.717, 1.165) is 31.9 Å². The molecular formula is C11H22IN5O. The van der Waals surface area contributed by atoms with Gasteiger partial charge in [-0.1, -0.05) is 18.5 Å². The van der Waals surface area contributed by atoms with Crippen LogP contribution in [0.3, 0.4) is 0 Å². The lowest BCUT2D eigenvalue weighted by Crippen LogP contribution is -2.37. The topological polar surface area (TPSA) is 75.3 Å². The molecule has 6 nitrogen and oxygen atoms in total. The Morgan fingerprint density at radius 2 is 2.11 bits per heavy atom. The molecule has 1 aromatic heterocycles. The first kappa shape index (κ1) is 17.1. The normalized spacial score (nSPS) is 10.9. The van der Waals surface area contributed by atoms with Crippen molar-refractivity contribution in [1.82, 2.24) is 20.8 Å². The zero-order valence-electron chi connectivity index (χ0n) is 11.2. The second-order valence-corrected chi connectivity index (χ2v) is 3.71. The van der Waals surface area contributed by atoms with Crippen LogP contribution in [0.2, 0.25) is 0 Å². The number of hydrogen-bond donors (Lipinski definition) is 2. The van der Waals surface area contributed by atoms with Gasteiger partial charge in [0.1, 0.15) is 6.54 Å². The Morgan fingerprint density at radius 3 is 2.67 bits per heavy atom. The van der Waals surface area contributed by atoms with Crippen molar-refractivity contribution >= 4 is 29.9 Å². The molecule has 18 heavy (non-hydrogen) atoms. The van der Waals surface area contributed by atoms with Crippen LogP contribution in [-0.4, -0.2) is 29.2 Å². The molecule has 0 aliphatic heterocycles. The standard InChI is InChI=1S/C11H21N5O.HI/c1-4-6-7-13-11(12-5-2)14-8-10-15-9(3)17-16-10;/h4-8H2,1-3H3,(H2,12,13,14);1H. The lowest BCUT2D eigenvalue weighted by atomic mass is 10.3. The second kappa shape index (κ2) is 10.1. The number of halogens is 1. The molecule has 0 saturated heterocycles. The summed E-state index contributed by atoms with van der Waals surface area (Å²) in [5, 5.41) is 10.2. The van der Waals surface area contributed by atoms with Gasteiger partial charge in [0.15, 0.2) is 11.8 Å². The summed E-state index contributed by atoms with van der Waals surface area (Å²) >= 11 is 0. The Labute approximate surface area is 125 Å². The quantitative estimate of drug-likeness (QED) is 0.347. The Morgan fingerprint density at radius 1 is 1.33 bits per heavy atom. The van der Waals surface area contributed by atoms with Crippen molar-refractivity contribution in [3.05, 3.63) is 11.7 Å². The molecule has 0 amide bonds. The monoisotopic (exact) mass is 367 g/mol. The number of aromatic nitrogens is 2. The molecule has 1 heterocycles. The number of aliphatic imine (C=N–C) groups is 1. The van der Waals surface area contributed by atoms with Crippen molar-refractivity contribution in [3.8, 4) is 0 Å². The van der Waals surface area contributed by atoms with Gasteiger partial charge in [-0.2, -0.15) is 4.98 Å². The van der Waals surface area contributed by atoms with E-state index in [9.17, 15) is 0 Å². The molecule has 0 spiro atoms. The van der Waals surface area contributed by atoms with Crippen LogP contribution in [0.5, 0.6) is 0 Å². The predicted molar refractivity (Wildman–Crippen MR) is 82.2 cm³/mol. The van der Waals surface area contributed by atoms with E-state index in [4.69, 9.17) is 4.52 Å². The van der Waals surface area contributed by atoms with Crippen LogP contribution < -0.4 is 10.6 Å². The third kappa shape index (κ3) is 6.77. The molecule has 2 N–H and O–H groups in total. The van der Waals surface area contributed by atoms with Crippen LogP contribution in [0.1, 0.15) is 38.4 Å². The average Bonchev–Trinajstić information content (AvgIpc) is 2.72. The highest BCUT2D eigenvalue weighted by Gasteiger charge is 2.01. The van der Waals surface area contributed by atoms with E-state index < -0.39 is 0 Å². The summed E-state index contributed by atoms with van der Waals surface area (Å²) in [6.07, 6.45) is 2.29. The van der Waals surface area contributed by atoms with E-state index in [1.54, 1.807) is 6.92 Å². The van der Waals surface area contributed by atoms with Gasteiger partial charge in [0.25, 0.3) is 0 Å². The number of nitrogens with one attached hydrogen (secondary N) is 2. The van der Waals surface area contributed by atoms with Gasteiger partial charge < -0.3 is 15.2 Å². The van der Waals surface area contributed by atoms with E-state index in [1.165, 1.54) is 0 Å².